The van der Waals surface area contributed by atoms with E-state index in [0.29, 0.717) is 18.0 Å². The number of carbonyl (C=O) groups is 2. The summed E-state index contributed by atoms with van der Waals surface area (Å²) < 4.78 is 0. The summed E-state index contributed by atoms with van der Waals surface area (Å²) in [7, 11) is 0. The van der Waals surface area contributed by atoms with Gasteiger partial charge in [0.15, 0.2) is 0 Å². The van der Waals surface area contributed by atoms with Crippen LogP contribution in [0.15, 0.2) is 25.0 Å². The summed E-state index contributed by atoms with van der Waals surface area (Å²) in [5, 5.41) is 0. The van der Waals surface area contributed by atoms with Crippen molar-refractivity contribution in [2.75, 3.05) is 0 Å². The lowest BCUT2D eigenvalue weighted by Gasteiger charge is -2.21. The predicted molar refractivity (Wildman–Crippen MR) is 107 cm³/mol. The first-order valence-corrected chi connectivity index (χ1v) is 9.43. The number of imidazole rings is 2. The zero-order valence-electron chi connectivity index (χ0n) is 17.7. The summed E-state index contributed by atoms with van der Waals surface area (Å²) in [6.07, 6.45) is 8.90. The molecule has 2 N–H and O–H groups in total. The third-order valence-electron chi connectivity index (χ3n) is 4.28. The smallest absolute Gasteiger partial charge is 0.141 e. The van der Waals surface area contributed by atoms with E-state index in [1.54, 1.807) is 25.0 Å². The summed E-state index contributed by atoms with van der Waals surface area (Å²) in [5.41, 5.74) is 1.58. The summed E-state index contributed by atoms with van der Waals surface area (Å²) in [5.74, 6) is 0.643. The zero-order valence-corrected chi connectivity index (χ0v) is 17.7. The number of rotatable bonds is 6. The number of aromatic amines is 2. The normalized spacial score (nSPS) is 12.9. The molecule has 6 nitrogen and oxygen atoms in total. The van der Waals surface area contributed by atoms with Crippen molar-refractivity contribution in [3.63, 3.8) is 0 Å². The van der Waals surface area contributed by atoms with Crippen molar-refractivity contribution in [1.82, 2.24) is 19.9 Å². The second-order valence-corrected chi connectivity index (χ2v) is 9.05. The van der Waals surface area contributed by atoms with Crippen LogP contribution < -0.4 is 0 Å². The first-order chi connectivity index (χ1) is 12.4. The van der Waals surface area contributed by atoms with Gasteiger partial charge in [-0.25, -0.2) is 9.97 Å². The van der Waals surface area contributed by atoms with Crippen LogP contribution in [0.3, 0.4) is 0 Å². The first kappa shape index (κ1) is 22.8. The van der Waals surface area contributed by atoms with Crippen LogP contribution in [0, 0.1) is 16.7 Å². The average molecular weight is 375 g/mol. The Morgan fingerprint density at radius 1 is 0.926 bits per heavy atom. The van der Waals surface area contributed by atoms with Crippen LogP contribution in [0.1, 0.15) is 66.3 Å². The Balaban J connectivity index is 0.000000271. The molecule has 0 fully saturated rings. The lowest BCUT2D eigenvalue weighted by molar-refractivity contribution is -0.129. The summed E-state index contributed by atoms with van der Waals surface area (Å²) in [4.78, 5) is 37.2. The Labute approximate surface area is 162 Å². The van der Waals surface area contributed by atoms with Gasteiger partial charge in [0.05, 0.1) is 12.7 Å². The quantitative estimate of drug-likeness (QED) is 0.794. The summed E-state index contributed by atoms with van der Waals surface area (Å²) in [6, 6.07) is 0. The molecule has 6 heteroatoms. The van der Waals surface area contributed by atoms with Crippen molar-refractivity contribution < 1.29 is 9.59 Å². The van der Waals surface area contributed by atoms with Crippen molar-refractivity contribution in [3.8, 4) is 0 Å². The van der Waals surface area contributed by atoms with Crippen molar-refractivity contribution >= 4 is 11.6 Å². The molecule has 0 radical (unpaired) electrons. The van der Waals surface area contributed by atoms with Gasteiger partial charge in [0.25, 0.3) is 0 Å². The largest absolute Gasteiger partial charge is 0.348 e. The minimum atomic E-state index is -0.251. The highest BCUT2D eigenvalue weighted by atomic mass is 16.1. The highest BCUT2D eigenvalue weighted by Crippen LogP contribution is 2.22. The molecule has 2 aromatic rings. The number of carbonyl (C=O) groups excluding carboxylic acids is 2. The van der Waals surface area contributed by atoms with E-state index in [4.69, 9.17) is 0 Å². The molecule has 0 saturated carbocycles. The van der Waals surface area contributed by atoms with Gasteiger partial charge >= 0.3 is 0 Å². The van der Waals surface area contributed by atoms with Gasteiger partial charge in [-0.1, -0.05) is 48.5 Å². The number of aryl methyl sites for hydroxylation is 1. The van der Waals surface area contributed by atoms with Gasteiger partial charge in [0.1, 0.15) is 11.6 Å². The molecule has 2 aromatic heterocycles. The maximum absolute atomic E-state index is 11.9. The lowest BCUT2D eigenvalue weighted by atomic mass is 9.82. The number of hydrogen-bond donors (Lipinski definition) is 2. The van der Waals surface area contributed by atoms with E-state index >= 15 is 0 Å². The van der Waals surface area contributed by atoms with Crippen LogP contribution in [0.4, 0.5) is 0 Å². The number of nitrogens with one attached hydrogen (secondary N) is 2. The monoisotopic (exact) mass is 374 g/mol. The molecule has 0 aromatic carbocycles. The third-order valence-corrected chi connectivity index (χ3v) is 4.28. The van der Waals surface area contributed by atoms with E-state index in [9.17, 15) is 9.59 Å². The van der Waals surface area contributed by atoms with Gasteiger partial charge < -0.3 is 9.97 Å². The number of nitrogens with zero attached hydrogens (tertiary/aromatic N) is 2. The van der Waals surface area contributed by atoms with Crippen molar-refractivity contribution in [2.45, 2.75) is 67.7 Å². The van der Waals surface area contributed by atoms with Gasteiger partial charge in [-0.15, -0.1) is 0 Å². The van der Waals surface area contributed by atoms with E-state index in [0.717, 1.165) is 24.2 Å². The predicted octanol–water partition coefficient (Wildman–Crippen LogP) is 4.16. The molecule has 2 rings (SSSR count). The number of Topliss-reactive ketones (excluding diaryl/α,β-unsaturated/α-hetero) is 2. The molecule has 1 atom stereocenters. The van der Waals surface area contributed by atoms with E-state index in [2.05, 4.69) is 19.9 Å². The molecule has 0 unspecified atom stereocenters. The molecule has 0 aliphatic rings. The zero-order chi connectivity index (χ0) is 20.7. The standard InChI is InChI=1S/C11H18N2O.C10H16N2O/c1-8(10(14)11(2,3)4)5-9-6-12-7-13-9;1-10(2,3)9(13)5-4-8-6-11-7-12-8/h6-8H,5H2,1-4H3,(H,12,13);6-7H,4-5H2,1-3H3,(H,11,12)/t8-;/m0./s1. The highest BCUT2D eigenvalue weighted by molar-refractivity contribution is 5.85. The van der Waals surface area contributed by atoms with Gasteiger partial charge in [-0.05, 0) is 12.8 Å². The van der Waals surface area contributed by atoms with Crippen molar-refractivity contribution in [2.24, 2.45) is 16.7 Å². The number of aromatic nitrogens is 4. The first-order valence-electron chi connectivity index (χ1n) is 9.43. The number of H-pyrrole nitrogens is 2. The fourth-order valence-electron chi connectivity index (χ4n) is 2.60. The van der Waals surface area contributed by atoms with E-state index in [1.807, 2.05) is 48.5 Å². The Morgan fingerprint density at radius 2 is 1.44 bits per heavy atom. The van der Waals surface area contributed by atoms with Crippen LogP contribution in [0.2, 0.25) is 0 Å². The van der Waals surface area contributed by atoms with Gasteiger partial charge in [0, 0.05) is 47.0 Å². The van der Waals surface area contributed by atoms with Gasteiger partial charge in [-0.2, -0.15) is 0 Å². The van der Waals surface area contributed by atoms with Crippen molar-refractivity contribution in [3.05, 3.63) is 36.4 Å². The molecular formula is C21H34N4O2. The number of hydrogen-bond acceptors (Lipinski definition) is 4. The molecule has 0 aliphatic carbocycles. The van der Waals surface area contributed by atoms with Gasteiger partial charge in [-0.3, -0.25) is 9.59 Å². The maximum Gasteiger partial charge on any atom is 0.141 e. The molecule has 27 heavy (non-hydrogen) atoms. The highest BCUT2D eigenvalue weighted by Gasteiger charge is 2.26. The van der Waals surface area contributed by atoms with Gasteiger partial charge in [0.2, 0.25) is 0 Å². The molecule has 0 spiro atoms. The second-order valence-electron chi connectivity index (χ2n) is 9.05. The van der Waals surface area contributed by atoms with E-state index in [-0.39, 0.29) is 16.7 Å². The van der Waals surface area contributed by atoms with Crippen LogP contribution in [-0.4, -0.2) is 31.5 Å². The lowest BCUT2D eigenvalue weighted by Crippen LogP contribution is -2.27. The molecule has 0 amide bonds. The molecular weight excluding hydrogens is 340 g/mol. The Morgan fingerprint density at radius 3 is 1.85 bits per heavy atom. The van der Waals surface area contributed by atoms with Crippen LogP contribution in [0.5, 0.6) is 0 Å². The number of ketones is 2. The minimum absolute atomic E-state index is 0.0513. The van der Waals surface area contributed by atoms with Crippen LogP contribution in [0.25, 0.3) is 0 Å². The van der Waals surface area contributed by atoms with Crippen LogP contribution in [-0.2, 0) is 22.4 Å². The fraction of sp³-hybridized carbons (Fsp3) is 0.619. The molecule has 0 bridgehead atoms. The second kappa shape index (κ2) is 9.62. The summed E-state index contributed by atoms with van der Waals surface area (Å²) >= 11 is 0. The SMILES string of the molecule is CC(C)(C)C(=O)CCc1cnc[nH]1.C[C@@H](Cc1cnc[nH]1)C(=O)C(C)(C)C. The Kier molecular flexibility index (Phi) is 8.13. The minimum Gasteiger partial charge on any atom is -0.348 e. The fourth-order valence-corrected chi connectivity index (χ4v) is 2.60. The Bertz CT molecular complexity index is 690. The maximum atomic E-state index is 11.9. The summed E-state index contributed by atoms with van der Waals surface area (Å²) in [6.45, 7) is 13.7. The van der Waals surface area contributed by atoms with Crippen LogP contribution >= 0.6 is 0 Å². The van der Waals surface area contributed by atoms with Crippen molar-refractivity contribution in [1.29, 1.82) is 0 Å². The third kappa shape index (κ3) is 8.33. The molecule has 2 heterocycles. The Hall–Kier alpha value is -2.24. The topological polar surface area (TPSA) is 91.5 Å². The van der Waals surface area contributed by atoms with E-state index in [1.165, 1.54) is 0 Å². The molecule has 0 aliphatic heterocycles. The average Bonchev–Trinajstić information content (AvgIpc) is 3.24. The molecule has 0 saturated heterocycles. The molecule has 150 valence electrons. The van der Waals surface area contributed by atoms with E-state index < -0.39 is 0 Å².